The number of amides is 1. The molecule has 0 aromatic carbocycles. The Balaban J connectivity index is 1.82. The Bertz CT molecular complexity index is 406. The second-order valence-corrected chi connectivity index (χ2v) is 4.81. The maximum atomic E-state index is 12.4. The first-order valence-electron chi connectivity index (χ1n) is 6.30. The molecule has 0 aliphatic carbocycles. The fourth-order valence-electron chi connectivity index (χ4n) is 2.82. The Morgan fingerprint density at radius 3 is 3.18 bits per heavy atom. The highest BCUT2D eigenvalue weighted by atomic mass is 16.2. The van der Waals surface area contributed by atoms with Crippen LogP contribution in [0.4, 0.5) is 0 Å². The number of nitrogens with zero attached hydrogens (tertiary/aromatic N) is 2. The van der Waals surface area contributed by atoms with Crippen LogP contribution in [0.1, 0.15) is 30.9 Å². The van der Waals surface area contributed by atoms with Gasteiger partial charge in [0.25, 0.3) is 0 Å². The van der Waals surface area contributed by atoms with E-state index in [9.17, 15) is 4.79 Å². The number of aromatic nitrogens is 1. The molecule has 0 saturated carbocycles. The Kier molecular flexibility index (Phi) is 2.81. The highest BCUT2D eigenvalue weighted by Gasteiger charge is 2.36. The molecule has 3 heterocycles. The normalized spacial score (nSPS) is 28.9. The quantitative estimate of drug-likeness (QED) is 0.787. The number of pyridine rings is 1. The van der Waals surface area contributed by atoms with Gasteiger partial charge in [-0.05, 0) is 30.9 Å². The van der Waals surface area contributed by atoms with E-state index in [1.54, 1.807) is 12.4 Å². The predicted octanol–water partition coefficient (Wildman–Crippen LogP) is 1.11. The first kappa shape index (κ1) is 10.7. The third-order valence-electron chi connectivity index (χ3n) is 3.73. The minimum absolute atomic E-state index is 0.196. The van der Waals surface area contributed by atoms with Crippen LogP contribution in [0.5, 0.6) is 0 Å². The van der Waals surface area contributed by atoms with E-state index in [0.717, 1.165) is 31.5 Å². The summed E-state index contributed by atoms with van der Waals surface area (Å²) < 4.78 is 0. The molecule has 4 nitrogen and oxygen atoms in total. The standard InChI is InChI=1S/C13H17N3O/c17-13-12(10-4-3-6-14-8-10)15-9-11-5-1-2-7-16(11)13/h3-4,6,8,11-12,15H,1-2,5,7,9H2. The Morgan fingerprint density at radius 1 is 1.41 bits per heavy atom. The van der Waals surface area contributed by atoms with Gasteiger partial charge in [-0.25, -0.2) is 0 Å². The minimum Gasteiger partial charge on any atom is -0.337 e. The number of piperidine rings is 1. The SMILES string of the molecule is O=C1C(c2cccnc2)NCC2CCCCN12. The molecular formula is C13H17N3O. The maximum absolute atomic E-state index is 12.4. The molecule has 1 amide bonds. The van der Waals surface area contributed by atoms with Gasteiger partial charge in [-0.3, -0.25) is 9.78 Å². The zero-order valence-electron chi connectivity index (χ0n) is 9.80. The van der Waals surface area contributed by atoms with Crippen molar-refractivity contribution in [3.63, 3.8) is 0 Å². The number of carbonyl (C=O) groups excluding carboxylic acids is 1. The number of nitrogens with one attached hydrogen (secondary N) is 1. The van der Waals surface area contributed by atoms with Crippen molar-refractivity contribution in [3.05, 3.63) is 30.1 Å². The van der Waals surface area contributed by atoms with Crippen molar-refractivity contribution in [2.45, 2.75) is 31.3 Å². The molecule has 0 spiro atoms. The van der Waals surface area contributed by atoms with Crippen molar-refractivity contribution in [1.29, 1.82) is 0 Å². The van der Waals surface area contributed by atoms with Crippen LogP contribution in [0, 0.1) is 0 Å². The third kappa shape index (κ3) is 1.93. The van der Waals surface area contributed by atoms with E-state index in [0.29, 0.717) is 6.04 Å². The van der Waals surface area contributed by atoms with Crippen molar-refractivity contribution >= 4 is 5.91 Å². The number of carbonyl (C=O) groups is 1. The number of piperazine rings is 1. The second kappa shape index (κ2) is 4.45. The van der Waals surface area contributed by atoms with Crippen LogP contribution in [0.2, 0.25) is 0 Å². The fourth-order valence-corrected chi connectivity index (χ4v) is 2.82. The lowest BCUT2D eigenvalue weighted by atomic mass is 9.95. The largest absolute Gasteiger partial charge is 0.337 e. The van der Waals surface area contributed by atoms with Gasteiger partial charge in [0, 0.05) is 31.5 Å². The van der Waals surface area contributed by atoms with Crippen molar-refractivity contribution < 1.29 is 4.79 Å². The number of fused-ring (bicyclic) bond motifs is 1. The summed E-state index contributed by atoms with van der Waals surface area (Å²) in [5.41, 5.74) is 0.974. The van der Waals surface area contributed by atoms with Gasteiger partial charge in [0.1, 0.15) is 6.04 Å². The Hall–Kier alpha value is -1.42. The molecule has 90 valence electrons. The molecular weight excluding hydrogens is 214 g/mol. The van der Waals surface area contributed by atoms with E-state index in [1.165, 1.54) is 6.42 Å². The molecule has 0 radical (unpaired) electrons. The molecule has 1 aromatic rings. The highest BCUT2D eigenvalue weighted by Crippen LogP contribution is 2.26. The van der Waals surface area contributed by atoms with E-state index < -0.39 is 0 Å². The van der Waals surface area contributed by atoms with Gasteiger partial charge < -0.3 is 10.2 Å². The van der Waals surface area contributed by atoms with Crippen LogP contribution in [0.15, 0.2) is 24.5 Å². The maximum Gasteiger partial charge on any atom is 0.244 e. The van der Waals surface area contributed by atoms with Crippen LogP contribution in [-0.2, 0) is 4.79 Å². The van der Waals surface area contributed by atoms with Crippen LogP contribution in [0.25, 0.3) is 0 Å². The zero-order valence-corrected chi connectivity index (χ0v) is 9.80. The summed E-state index contributed by atoms with van der Waals surface area (Å²) in [5, 5.41) is 3.35. The summed E-state index contributed by atoms with van der Waals surface area (Å²) >= 11 is 0. The van der Waals surface area contributed by atoms with Crippen molar-refractivity contribution in [1.82, 2.24) is 15.2 Å². The lowest BCUT2D eigenvalue weighted by Crippen LogP contribution is -2.57. The first-order chi connectivity index (χ1) is 8.36. The molecule has 0 bridgehead atoms. The van der Waals surface area contributed by atoms with Crippen LogP contribution < -0.4 is 5.32 Å². The molecule has 2 aliphatic rings. The molecule has 1 N–H and O–H groups in total. The predicted molar refractivity (Wildman–Crippen MR) is 64.3 cm³/mol. The number of hydrogen-bond acceptors (Lipinski definition) is 3. The van der Waals surface area contributed by atoms with Crippen molar-refractivity contribution in [2.75, 3.05) is 13.1 Å². The molecule has 2 aliphatic heterocycles. The van der Waals surface area contributed by atoms with E-state index >= 15 is 0 Å². The van der Waals surface area contributed by atoms with Gasteiger partial charge >= 0.3 is 0 Å². The van der Waals surface area contributed by atoms with E-state index in [2.05, 4.69) is 15.2 Å². The lowest BCUT2D eigenvalue weighted by molar-refractivity contribution is -0.140. The third-order valence-corrected chi connectivity index (χ3v) is 3.73. The molecule has 1 aromatic heterocycles. The molecule has 2 atom stereocenters. The van der Waals surface area contributed by atoms with Gasteiger partial charge in [-0.1, -0.05) is 6.07 Å². The molecule has 2 fully saturated rings. The average molecular weight is 231 g/mol. The fraction of sp³-hybridized carbons (Fsp3) is 0.538. The summed E-state index contributed by atoms with van der Waals surface area (Å²) in [5.74, 6) is 0.217. The number of hydrogen-bond donors (Lipinski definition) is 1. The second-order valence-electron chi connectivity index (χ2n) is 4.81. The van der Waals surface area contributed by atoms with Gasteiger partial charge in [0.2, 0.25) is 5.91 Å². The van der Waals surface area contributed by atoms with Crippen molar-refractivity contribution in [3.8, 4) is 0 Å². The van der Waals surface area contributed by atoms with Gasteiger partial charge in [0.05, 0.1) is 0 Å². The minimum atomic E-state index is -0.196. The van der Waals surface area contributed by atoms with Gasteiger partial charge in [0.15, 0.2) is 0 Å². The summed E-state index contributed by atoms with van der Waals surface area (Å²) in [7, 11) is 0. The molecule has 2 unspecified atom stereocenters. The number of rotatable bonds is 1. The van der Waals surface area contributed by atoms with E-state index in [-0.39, 0.29) is 11.9 Å². The Labute approximate surface area is 101 Å². The molecule has 2 saturated heterocycles. The van der Waals surface area contributed by atoms with Gasteiger partial charge in [-0.15, -0.1) is 0 Å². The highest BCUT2D eigenvalue weighted by molar-refractivity contribution is 5.84. The summed E-state index contributed by atoms with van der Waals surface area (Å²) in [6, 6.07) is 4.06. The molecule has 4 heteroatoms. The molecule has 3 rings (SSSR count). The summed E-state index contributed by atoms with van der Waals surface area (Å²) in [4.78, 5) is 18.5. The van der Waals surface area contributed by atoms with Crippen molar-refractivity contribution in [2.24, 2.45) is 0 Å². The van der Waals surface area contributed by atoms with E-state index in [1.807, 2.05) is 12.1 Å². The topological polar surface area (TPSA) is 45.2 Å². The smallest absolute Gasteiger partial charge is 0.244 e. The van der Waals surface area contributed by atoms with Crippen LogP contribution in [-0.4, -0.2) is 34.9 Å². The summed E-state index contributed by atoms with van der Waals surface area (Å²) in [6.07, 6.45) is 7.04. The summed E-state index contributed by atoms with van der Waals surface area (Å²) in [6.45, 7) is 1.83. The Morgan fingerprint density at radius 2 is 2.35 bits per heavy atom. The first-order valence-corrected chi connectivity index (χ1v) is 6.30. The zero-order chi connectivity index (χ0) is 11.7. The van der Waals surface area contributed by atoms with Crippen LogP contribution in [0.3, 0.4) is 0 Å². The van der Waals surface area contributed by atoms with E-state index in [4.69, 9.17) is 0 Å². The lowest BCUT2D eigenvalue weighted by Gasteiger charge is -2.42. The average Bonchev–Trinajstić information content (AvgIpc) is 2.40. The molecule has 17 heavy (non-hydrogen) atoms. The monoisotopic (exact) mass is 231 g/mol. The van der Waals surface area contributed by atoms with Gasteiger partial charge in [-0.2, -0.15) is 0 Å². The van der Waals surface area contributed by atoms with Crippen LogP contribution >= 0.6 is 0 Å².